The van der Waals surface area contributed by atoms with E-state index in [0.29, 0.717) is 22.7 Å². The smallest absolute Gasteiger partial charge is 0.190 e. The molecule has 414 valence electrons. The first-order chi connectivity index (χ1) is 37.3. The summed E-state index contributed by atoms with van der Waals surface area (Å²) >= 11 is 0. The average Bonchev–Trinajstić information content (AvgIpc) is 4.05. The molecule has 0 bridgehead atoms. The zero-order valence-electron chi connectivity index (χ0n) is 50.0. The van der Waals surface area contributed by atoms with Gasteiger partial charge in [-0.1, -0.05) is 208 Å². The van der Waals surface area contributed by atoms with Crippen LogP contribution in [0.5, 0.6) is 5.75 Å². The summed E-state index contributed by atoms with van der Waals surface area (Å²) < 4.78 is 4.63. The monoisotopic (exact) mass is 1240 g/mol. The quantitative estimate of drug-likeness (QED) is 0.131. The van der Waals surface area contributed by atoms with Crippen LogP contribution in [0.25, 0.3) is 89.9 Å². The second-order valence-electron chi connectivity index (χ2n) is 26.1. The van der Waals surface area contributed by atoms with Crippen molar-refractivity contribution in [2.45, 2.75) is 158 Å². The van der Waals surface area contributed by atoms with Crippen molar-refractivity contribution in [1.29, 1.82) is 0 Å². The predicted molar refractivity (Wildman–Crippen MR) is 331 cm³/mol. The first-order valence-electron chi connectivity index (χ1n) is 28.5. The molecule has 7 aromatic carbocycles. The van der Waals surface area contributed by atoms with Gasteiger partial charge in [-0.15, -0.1) is 29.3 Å². The molecule has 0 spiro atoms. The number of phenolic OH excluding ortho intramolecular Hbond substituents is 1. The van der Waals surface area contributed by atoms with Gasteiger partial charge in [-0.25, -0.2) is 19.9 Å². The number of fused-ring (bicyclic) bond motifs is 2. The molecule has 0 amide bonds. The molecule has 0 aliphatic heterocycles. The number of rotatable bonds is 11. The van der Waals surface area contributed by atoms with Gasteiger partial charge in [0.25, 0.3) is 0 Å². The Morgan fingerprint density at radius 1 is 0.450 bits per heavy atom. The fraction of sp³-hybridized carbons (Fsp3) is 0.333. The second kappa shape index (κ2) is 21.8. The summed E-state index contributed by atoms with van der Waals surface area (Å²) in [5, 5.41) is 12.9. The van der Waals surface area contributed by atoms with Crippen LogP contribution in [0.1, 0.15) is 180 Å². The van der Waals surface area contributed by atoms with Crippen LogP contribution in [0, 0.1) is 6.07 Å². The van der Waals surface area contributed by atoms with Crippen molar-refractivity contribution in [1.82, 2.24) is 29.1 Å². The van der Waals surface area contributed by atoms with Gasteiger partial charge in [0, 0.05) is 44.7 Å². The van der Waals surface area contributed by atoms with Crippen LogP contribution in [0.4, 0.5) is 0 Å². The molecule has 0 saturated carbocycles. The molecule has 0 fully saturated rings. The number of hydrogen-bond donors (Lipinski definition) is 1. The number of phenols is 1. The van der Waals surface area contributed by atoms with Crippen LogP contribution in [-0.2, 0) is 37.3 Å². The van der Waals surface area contributed by atoms with Gasteiger partial charge in [-0.05, 0) is 126 Å². The van der Waals surface area contributed by atoms with Gasteiger partial charge in [0.2, 0.25) is 0 Å². The van der Waals surface area contributed by atoms with Gasteiger partial charge >= 0.3 is 0 Å². The van der Waals surface area contributed by atoms with Crippen molar-refractivity contribution in [2.24, 2.45) is 0 Å². The molecular weight excluding hydrogens is 1160 g/mol. The van der Waals surface area contributed by atoms with Crippen LogP contribution in [0.3, 0.4) is 0 Å². The van der Waals surface area contributed by atoms with Gasteiger partial charge in [0.15, 0.2) is 11.3 Å². The summed E-state index contributed by atoms with van der Waals surface area (Å²) in [7, 11) is 0. The zero-order valence-corrected chi connectivity index (χ0v) is 52.3. The Labute approximate surface area is 490 Å². The minimum Gasteiger partial charge on any atom is -0.507 e. The van der Waals surface area contributed by atoms with Crippen molar-refractivity contribution in [3.05, 3.63) is 185 Å². The van der Waals surface area contributed by atoms with Crippen LogP contribution >= 0.6 is 0 Å². The first kappa shape index (κ1) is 57.7. The van der Waals surface area contributed by atoms with Crippen molar-refractivity contribution >= 4 is 22.3 Å². The van der Waals surface area contributed by atoms with E-state index >= 15 is 0 Å². The van der Waals surface area contributed by atoms with Crippen molar-refractivity contribution in [3.8, 4) is 73.3 Å². The number of hydrogen-bond acceptors (Lipinski definition) is 5. The number of benzene rings is 7. The average molecular weight is 1240 g/mol. The van der Waals surface area contributed by atoms with Gasteiger partial charge in [-0.2, -0.15) is 0 Å². The van der Waals surface area contributed by atoms with Crippen LogP contribution in [0.2, 0.25) is 0 Å². The minimum atomic E-state index is -0.359. The molecule has 3 aromatic heterocycles. The molecule has 0 unspecified atom stereocenters. The molecule has 0 atom stereocenters. The second-order valence-corrected chi connectivity index (χ2v) is 26.1. The third-order valence-corrected chi connectivity index (χ3v) is 15.8. The molecule has 1 N–H and O–H groups in total. The van der Waals surface area contributed by atoms with Crippen LogP contribution in [-0.4, -0.2) is 34.2 Å². The Balaban J connectivity index is 0.00000774. The van der Waals surface area contributed by atoms with Crippen LogP contribution < -0.4 is 0 Å². The van der Waals surface area contributed by atoms with Crippen molar-refractivity contribution in [3.63, 3.8) is 0 Å². The molecule has 0 saturated heterocycles. The van der Waals surface area contributed by atoms with E-state index in [9.17, 15) is 5.11 Å². The fourth-order valence-electron chi connectivity index (χ4n) is 11.2. The largest absolute Gasteiger partial charge is 0.507 e. The third kappa shape index (κ3) is 10.8. The summed E-state index contributed by atoms with van der Waals surface area (Å²) in [6, 6.07) is 50.3. The maximum absolute atomic E-state index is 12.9. The molecular formula is C72H79N6OPt-. The molecule has 0 radical (unpaired) electrons. The number of aromatic nitrogens is 6. The molecule has 10 aromatic rings. The minimum absolute atomic E-state index is 0. The number of aromatic hydroxyl groups is 1. The van der Waals surface area contributed by atoms with Crippen LogP contribution in [0.15, 0.2) is 140 Å². The summed E-state index contributed by atoms with van der Waals surface area (Å²) in [4.78, 5) is 21.2. The summed E-state index contributed by atoms with van der Waals surface area (Å²) in [6.07, 6.45) is 3.50. The molecule has 80 heavy (non-hydrogen) atoms. The zero-order chi connectivity index (χ0) is 56.6. The topological polar surface area (TPSA) is 81.7 Å². The maximum atomic E-state index is 12.9. The third-order valence-electron chi connectivity index (χ3n) is 15.8. The Morgan fingerprint density at radius 3 is 1.41 bits per heavy atom. The van der Waals surface area contributed by atoms with Gasteiger partial charge in [-0.3, -0.25) is 4.57 Å². The van der Waals surface area contributed by atoms with E-state index in [1.165, 1.54) is 44.5 Å². The molecule has 10 rings (SSSR count). The van der Waals surface area contributed by atoms with E-state index in [1.807, 2.05) is 0 Å². The van der Waals surface area contributed by atoms with E-state index in [-0.39, 0.29) is 66.7 Å². The number of imidazole rings is 2. The van der Waals surface area contributed by atoms with E-state index < -0.39 is 0 Å². The SMILES string of the molecule is CC(C)c1cc(-c2ccccc2)cc(C(C)C)c1-n1c(-c2cc(C(C)(C)C)cc(C(C)(C)C)c2O)nc2c(-c3[c-]c(-c4nc5nccnc5n4-c4c(C(C)C)cc(-c5ccccc5)cc4C(C)C)cc(C(C)(C)C)c3)cccc21.[Pt]. The summed E-state index contributed by atoms with van der Waals surface area (Å²) in [5.41, 5.74) is 20.4. The van der Waals surface area contributed by atoms with E-state index in [4.69, 9.17) is 19.9 Å². The number of para-hydroxylation sites is 1. The van der Waals surface area contributed by atoms with Crippen molar-refractivity contribution in [2.75, 3.05) is 0 Å². The van der Waals surface area contributed by atoms with Crippen molar-refractivity contribution < 1.29 is 26.2 Å². The summed E-state index contributed by atoms with van der Waals surface area (Å²) in [5.74, 6) is 2.31. The standard InChI is InChI=1S/C72H79N6O.Pt/c1-42(2)55-36-48(46-25-20-18-21-26-46)37-56(43(3)4)63(55)77-61-30-24-29-54(62(61)75-68(77)59-40-53(71(12,13)14)41-60(65(59)79)72(15,16)17)50-33-51(35-52(34-50)70(9,10)11)67-76-66-69(74-32-31-73-66)78(67)64-57(44(5)6)38-49(39-58(64)45(7)8)47-27-22-19-23-28-47;/h18-32,34-45,79H,1-17H3;/q-1;. The summed E-state index contributed by atoms with van der Waals surface area (Å²) in [6.45, 7) is 38.3. The molecule has 3 heterocycles. The van der Waals surface area contributed by atoms with E-state index in [0.717, 1.165) is 61.6 Å². The Morgan fingerprint density at radius 2 is 0.925 bits per heavy atom. The number of nitrogens with zero attached hydrogens (tertiary/aromatic N) is 6. The predicted octanol–water partition coefficient (Wildman–Crippen LogP) is 19.4. The Bertz CT molecular complexity index is 3860. The Kier molecular flexibility index (Phi) is 15.8. The molecule has 8 heteroatoms. The Hall–Kier alpha value is -6.95. The van der Waals surface area contributed by atoms with Gasteiger partial charge in [0.1, 0.15) is 11.6 Å². The van der Waals surface area contributed by atoms with Gasteiger partial charge < -0.3 is 9.67 Å². The molecule has 0 aliphatic rings. The molecule has 7 nitrogen and oxygen atoms in total. The normalized spacial score (nSPS) is 12.5. The first-order valence-corrected chi connectivity index (χ1v) is 28.5. The van der Waals surface area contributed by atoms with E-state index in [1.54, 1.807) is 12.4 Å². The maximum Gasteiger partial charge on any atom is 0.190 e. The fourth-order valence-corrected chi connectivity index (χ4v) is 11.2. The molecule has 0 aliphatic carbocycles. The van der Waals surface area contributed by atoms with Gasteiger partial charge in [0.05, 0.1) is 28.1 Å². The van der Waals surface area contributed by atoms with E-state index in [2.05, 4.69) is 260 Å².